The third kappa shape index (κ3) is 5.53. The first-order valence-corrected chi connectivity index (χ1v) is 13.0. The first-order chi connectivity index (χ1) is 17.5. The van der Waals surface area contributed by atoms with E-state index >= 15 is 0 Å². The van der Waals surface area contributed by atoms with E-state index in [2.05, 4.69) is 20.9 Å². The molecule has 0 bridgehead atoms. The van der Waals surface area contributed by atoms with Crippen molar-refractivity contribution in [3.63, 3.8) is 0 Å². The quantitative estimate of drug-likeness (QED) is 0.360. The number of nitrogens with zero attached hydrogens (tertiary/aromatic N) is 2. The average molecular weight is 616 g/mol. The SMILES string of the molecule is CCOC(=O)C1=C(C(F)(F)F)N=c2s/c(=C\c3ccc(OCC)c(Br)c3)c(=O)n2[C@@H]1c1ccc(Cl)cc1. The van der Waals surface area contributed by atoms with Crippen molar-refractivity contribution in [3.8, 4) is 5.75 Å². The van der Waals surface area contributed by atoms with E-state index in [0.29, 0.717) is 27.4 Å². The average Bonchev–Trinajstić information content (AvgIpc) is 3.15. The predicted molar refractivity (Wildman–Crippen MR) is 138 cm³/mol. The number of hydrogen-bond acceptors (Lipinski definition) is 6. The monoisotopic (exact) mass is 614 g/mol. The van der Waals surface area contributed by atoms with E-state index in [1.165, 1.54) is 31.2 Å². The normalized spacial score (nSPS) is 15.9. The minimum Gasteiger partial charge on any atom is -0.493 e. The van der Waals surface area contributed by atoms with Crippen LogP contribution in [0.1, 0.15) is 31.0 Å². The lowest BCUT2D eigenvalue weighted by atomic mass is 9.95. The molecule has 0 saturated heterocycles. The van der Waals surface area contributed by atoms with Crippen molar-refractivity contribution in [2.75, 3.05) is 13.2 Å². The summed E-state index contributed by atoms with van der Waals surface area (Å²) in [7, 11) is 0. The molecule has 3 aromatic rings. The smallest absolute Gasteiger partial charge is 0.434 e. The summed E-state index contributed by atoms with van der Waals surface area (Å²) < 4.78 is 54.8. The molecule has 1 atom stereocenters. The highest BCUT2D eigenvalue weighted by Gasteiger charge is 2.45. The molecule has 4 rings (SSSR count). The van der Waals surface area contributed by atoms with Gasteiger partial charge in [-0.05, 0) is 71.2 Å². The second-order valence-corrected chi connectivity index (χ2v) is 10.0. The number of carbonyl (C=O) groups is 1. The number of ether oxygens (including phenoxy) is 2. The lowest BCUT2D eigenvalue weighted by Gasteiger charge is -2.26. The molecular weight excluding hydrogens is 597 g/mol. The van der Waals surface area contributed by atoms with Gasteiger partial charge >= 0.3 is 12.1 Å². The highest BCUT2D eigenvalue weighted by molar-refractivity contribution is 9.10. The van der Waals surface area contributed by atoms with Crippen molar-refractivity contribution < 1.29 is 27.4 Å². The number of esters is 1. The highest BCUT2D eigenvalue weighted by Crippen LogP contribution is 2.38. The number of benzene rings is 2. The lowest BCUT2D eigenvalue weighted by molar-refractivity contribution is -0.140. The molecule has 0 unspecified atom stereocenters. The van der Waals surface area contributed by atoms with Crippen LogP contribution in [0.4, 0.5) is 13.2 Å². The summed E-state index contributed by atoms with van der Waals surface area (Å²) >= 11 is 10.2. The maximum absolute atomic E-state index is 14.2. The van der Waals surface area contributed by atoms with Crippen molar-refractivity contribution in [1.82, 2.24) is 4.57 Å². The number of rotatable bonds is 6. The number of fused-ring (bicyclic) bond motifs is 1. The van der Waals surface area contributed by atoms with Crippen LogP contribution in [0, 0.1) is 0 Å². The third-order valence-corrected chi connectivity index (χ3v) is 7.19. The van der Waals surface area contributed by atoms with Crippen LogP contribution in [0.5, 0.6) is 5.75 Å². The molecule has 12 heteroatoms. The summed E-state index contributed by atoms with van der Waals surface area (Å²) in [5, 5.41) is 0.343. The molecule has 1 aromatic heterocycles. The second kappa shape index (κ2) is 10.8. The number of thiazole rings is 1. The van der Waals surface area contributed by atoms with Crippen LogP contribution in [0.15, 0.2) is 68.0 Å². The zero-order valence-corrected chi connectivity index (χ0v) is 22.6. The molecule has 2 aromatic carbocycles. The van der Waals surface area contributed by atoms with Gasteiger partial charge in [-0.1, -0.05) is 41.1 Å². The van der Waals surface area contributed by atoms with Gasteiger partial charge in [0.1, 0.15) is 5.75 Å². The molecular formula is C25H19BrClF3N2O4S. The zero-order valence-electron chi connectivity index (χ0n) is 19.4. The Bertz CT molecular complexity index is 1560. The van der Waals surface area contributed by atoms with Gasteiger partial charge in [0, 0.05) is 5.02 Å². The van der Waals surface area contributed by atoms with E-state index in [0.717, 1.165) is 15.9 Å². The minimum atomic E-state index is -4.97. The van der Waals surface area contributed by atoms with Gasteiger partial charge in [-0.25, -0.2) is 9.79 Å². The Balaban J connectivity index is 1.99. The van der Waals surface area contributed by atoms with Crippen molar-refractivity contribution in [3.05, 3.63) is 94.0 Å². The van der Waals surface area contributed by atoms with Crippen LogP contribution in [0.25, 0.3) is 6.08 Å². The maximum atomic E-state index is 14.2. The predicted octanol–water partition coefficient (Wildman–Crippen LogP) is 5.16. The number of carbonyl (C=O) groups excluding carboxylic acids is 1. The van der Waals surface area contributed by atoms with Crippen LogP contribution in [-0.2, 0) is 9.53 Å². The number of allylic oxidation sites excluding steroid dienone is 1. The fraction of sp³-hybridized carbons (Fsp3) is 0.240. The van der Waals surface area contributed by atoms with E-state index in [-0.39, 0.29) is 21.5 Å². The molecule has 0 saturated carbocycles. The number of aromatic nitrogens is 1. The Morgan fingerprint density at radius 3 is 2.49 bits per heavy atom. The van der Waals surface area contributed by atoms with E-state index in [9.17, 15) is 22.8 Å². The van der Waals surface area contributed by atoms with Gasteiger partial charge < -0.3 is 9.47 Å². The van der Waals surface area contributed by atoms with E-state index < -0.39 is 35.0 Å². The Morgan fingerprint density at radius 1 is 1.19 bits per heavy atom. The van der Waals surface area contributed by atoms with E-state index in [1.807, 2.05) is 6.92 Å². The number of hydrogen-bond donors (Lipinski definition) is 0. The molecule has 194 valence electrons. The van der Waals surface area contributed by atoms with E-state index in [4.69, 9.17) is 21.1 Å². The van der Waals surface area contributed by atoms with Gasteiger partial charge in [0.15, 0.2) is 10.5 Å². The van der Waals surface area contributed by atoms with Crippen LogP contribution in [0.2, 0.25) is 5.02 Å². The first-order valence-electron chi connectivity index (χ1n) is 11.0. The fourth-order valence-corrected chi connectivity index (χ4v) is 5.47. The molecule has 1 aliphatic heterocycles. The molecule has 0 radical (unpaired) electrons. The molecule has 0 aliphatic carbocycles. The van der Waals surface area contributed by atoms with Gasteiger partial charge in [0.2, 0.25) is 0 Å². The molecule has 6 nitrogen and oxygen atoms in total. The van der Waals surface area contributed by atoms with Crippen LogP contribution in [-0.4, -0.2) is 29.9 Å². The molecule has 0 spiro atoms. The molecule has 2 heterocycles. The molecule has 0 N–H and O–H groups in total. The first kappa shape index (κ1) is 27.2. The Labute approximate surface area is 226 Å². The maximum Gasteiger partial charge on any atom is 0.434 e. The van der Waals surface area contributed by atoms with Gasteiger partial charge in [-0.2, -0.15) is 13.2 Å². The summed E-state index contributed by atoms with van der Waals surface area (Å²) in [6.07, 6.45) is -3.42. The standard InChI is InChI=1S/C25H19BrClF3N2O4S/c1-3-35-17-10-5-13(11-16(17)26)12-18-22(33)32-20(14-6-8-15(27)9-7-14)19(23(34)36-4-2)21(25(28,29)30)31-24(32)37-18/h5-12,20H,3-4H2,1-2H3/b18-12-/t20-/m1/s1. The third-order valence-electron chi connectivity index (χ3n) is 5.33. The zero-order chi connectivity index (χ0) is 26.9. The summed E-state index contributed by atoms with van der Waals surface area (Å²) in [6.45, 7) is 3.63. The molecule has 0 amide bonds. The summed E-state index contributed by atoms with van der Waals surface area (Å²) in [5.41, 5.74) is -1.90. The van der Waals surface area contributed by atoms with Crippen LogP contribution in [0.3, 0.4) is 0 Å². The van der Waals surface area contributed by atoms with Crippen molar-refractivity contribution >= 4 is 50.9 Å². The van der Waals surface area contributed by atoms with Gasteiger partial charge in [-0.3, -0.25) is 9.36 Å². The highest BCUT2D eigenvalue weighted by atomic mass is 79.9. The van der Waals surface area contributed by atoms with Crippen molar-refractivity contribution in [2.24, 2.45) is 4.99 Å². The largest absolute Gasteiger partial charge is 0.493 e. The van der Waals surface area contributed by atoms with Gasteiger partial charge in [0.05, 0.1) is 33.8 Å². The van der Waals surface area contributed by atoms with Crippen LogP contribution >= 0.6 is 38.9 Å². The Morgan fingerprint density at radius 2 is 1.89 bits per heavy atom. The summed E-state index contributed by atoms with van der Waals surface area (Å²) in [5.74, 6) is -0.596. The minimum absolute atomic E-state index is 0.139. The topological polar surface area (TPSA) is 69.9 Å². The number of alkyl halides is 3. The Kier molecular flexibility index (Phi) is 7.96. The Hall–Kier alpha value is -2.89. The fourth-order valence-electron chi connectivity index (χ4n) is 3.83. The van der Waals surface area contributed by atoms with Gasteiger partial charge in [0.25, 0.3) is 5.56 Å². The summed E-state index contributed by atoms with van der Waals surface area (Å²) in [4.78, 5) is 30.0. The summed E-state index contributed by atoms with van der Waals surface area (Å²) in [6, 6.07) is 9.62. The molecule has 37 heavy (non-hydrogen) atoms. The van der Waals surface area contributed by atoms with E-state index in [1.54, 1.807) is 24.3 Å². The number of halogens is 5. The van der Waals surface area contributed by atoms with Crippen LogP contribution < -0.4 is 19.6 Å². The molecule has 0 fully saturated rings. The van der Waals surface area contributed by atoms with Gasteiger partial charge in [-0.15, -0.1) is 0 Å². The second-order valence-electron chi connectivity index (χ2n) is 7.74. The lowest BCUT2D eigenvalue weighted by Crippen LogP contribution is -2.41. The molecule has 1 aliphatic rings. The van der Waals surface area contributed by atoms with Crippen molar-refractivity contribution in [1.29, 1.82) is 0 Å². The van der Waals surface area contributed by atoms with Crippen molar-refractivity contribution in [2.45, 2.75) is 26.1 Å².